The molecule has 0 saturated carbocycles. The lowest BCUT2D eigenvalue weighted by Gasteiger charge is -2.18. The third kappa shape index (κ3) is 6.43. The fourth-order valence-electron chi connectivity index (χ4n) is 3.92. The Bertz CT molecular complexity index is 1360. The van der Waals surface area contributed by atoms with Crippen molar-refractivity contribution in [1.29, 1.82) is 0 Å². The topological polar surface area (TPSA) is 82.6 Å². The van der Waals surface area contributed by atoms with Gasteiger partial charge < -0.3 is 14.7 Å². The molecule has 3 aromatic carbocycles. The van der Waals surface area contributed by atoms with E-state index in [0.717, 1.165) is 52.2 Å². The maximum atomic E-state index is 12.9. The van der Waals surface area contributed by atoms with E-state index in [1.807, 2.05) is 66.7 Å². The number of carbonyl (C=O) groups is 1. The predicted octanol–water partition coefficient (Wildman–Crippen LogP) is 5.85. The van der Waals surface area contributed by atoms with Crippen LogP contribution in [-0.2, 0) is 13.0 Å². The molecule has 0 aliphatic rings. The minimum Gasteiger partial charge on any atom is -0.494 e. The Morgan fingerprint density at radius 2 is 1.75 bits per heavy atom. The summed E-state index contributed by atoms with van der Waals surface area (Å²) in [4.78, 5) is 28.8. The smallest absolute Gasteiger partial charge is 0.307 e. The number of rotatable bonds is 10. The van der Waals surface area contributed by atoms with Gasteiger partial charge in [0.05, 0.1) is 11.5 Å². The summed E-state index contributed by atoms with van der Waals surface area (Å²) in [5, 5.41) is 9.81. The first kappa shape index (κ1) is 25.3. The molecule has 0 fully saturated rings. The molecule has 1 heterocycles. The second kappa shape index (κ2) is 11.7. The van der Waals surface area contributed by atoms with Gasteiger partial charge in [0.1, 0.15) is 5.75 Å². The molecular formula is C29H30N2O4S. The molecular weight excluding hydrogens is 472 g/mol. The molecule has 4 rings (SSSR count). The molecule has 36 heavy (non-hydrogen) atoms. The van der Waals surface area contributed by atoms with Crippen molar-refractivity contribution in [3.8, 4) is 22.8 Å². The fourth-order valence-corrected chi connectivity index (χ4v) is 4.67. The lowest BCUT2D eigenvalue weighted by atomic mass is 10.0. The highest BCUT2D eigenvalue weighted by Crippen LogP contribution is 2.25. The van der Waals surface area contributed by atoms with Gasteiger partial charge in [0.15, 0.2) is 0 Å². The second-order valence-corrected chi connectivity index (χ2v) is 9.82. The number of amides is 1. The van der Waals surface area contributed by atoms with E-state index in [4.69, 9.17) is 4.74 Å². The average Bonchev–Trinajstić information content (AvgIpc) is 3.21. The van der Waals surface area contributed by atoms with Crippen LogP contribution >= 0.6 is 11.3 Å². The number of nitrogens with zero attached hydrogens (tertiary/aromatic N) is 1. The van der Waals surface area contributed by atoms with Crippen LogP contribution in [-0.4, -0.2) is 34.6 Å². The minimum atomic E-state index is -0.257. The lowest BCUT2D eigenvalue weighted by molar-refractivity contribution is 0.0785. The number of ether oxygens (including phenoxy) is 1. The number of nitrogens with one attached hydrogen (secondary N) is 1. The Hall–Kier alpha value is -3.84. The summed E-state index contributed by atoms with van der Waals surface area (Å²) in [6, 6.07) is 23.5. The summed E-state index contributed by atoms with van der Waals surface area (Å²) in [6.07, 6.45) is 2.58. The fraction of sp³-hybridized carbons (Fsp3) is 0.241. The summed E-state index contributed by atoms with van der Waals surface area (Å²) < 4.78 is 5.69. The molecule has 2 N–H and O–H groups in total. The highest BCUT2D eigenvalue weighted by molar-refractivity contribution is 7.09. The summed E-state index contributed by atoms with van der Waals surface area (Å²) in [7, 11) is 1.81. The van der Waals surface area contributed by atoms with Gasteiger partial charge in [0, 0.05) is 25.6 Å². The number of benzene rings is 3. The van der Waals surface area contributed by atoms with Crippen LogP contribution in [0.2, 0.25) is 0 Å². The average molecular weight is 503 g/mol. The molecule has 0 radical (unpaired) electrons. The number of unbranched alkanes of at least 4 members (excludes halogenated alkanes) is 1. The lowest BCUT2D eigenvalue weighted by Crippen LogP contribution is -2.26. The maximum absolute atomic E-state index is 12.9. The Balaban J connectivity index is 1.39. The minimum absolute atomic E-state index is 0.0415. The van der Waals surface area contributed by atoms with E-state index in [1.54, 1.807) is 11.9 Å². The van der Waals surface area contributed by atoms with Crippen molar-refractivity contribution in [2.24, 2.45) is 0 Å². The van der Waals surface area contributed by atoms with Gasteiger partial charge in [0.2, 0.25) is 5.88 Å². The first-order valence-electron chi connectivity index (χ1n) is 12.0. The summed E-state index contributed by atoms with van der Waals surface area (Å²) >= 11 is 1.02. The summed E-state index contributed by atoms with van der Waals surface area (Å²) in [6.45, 7) is 3.30. The van der Waals surface area contributed by atoms with E-state index in [9.17, 15) is 14.7 Å². The van der Waals surface area contributed by atoms with Crippen LogP contribution in [0.5, 0.6) is 11.6 Å². The van der Waals surface area contributed by atoms with Crippen LogP contribution in [0.4, 0.5) is 0 Å². The quantitative estimate of drug-likeness (QED) is 0.267. The zero-order chi connectivity index (χ0) is 25.5. The van der Waals surface area contributed by atoms with Gasteiger partial charge in [-0.2, -0.15) is 0 Å². The molecule has 0 aliphatic heterocycles. The number of aromatic nitrogens is 1. The normalized spacial score (nSPS) is 10.8. The van der Waals surface area contributed by atoms with Gasteiger partial charge in [-0.05, 0) is 59.0 Å². The van der Waals surface area contributed by atoms with Crippen LogP contribution in [0.3, 0.4) is 0 Å². The van der Waals surface area contributed by atoms with Crippen LogP contribution in [0, 0.1) is 0 Å². The molecule has 1 amide bonds. The van der Waals surface area contributed by atoms with Crippen molar-refractivity contribution < 1.29 is 14.6 Å². The maximum Gasteiger partial charge on any atom is 0.307 e. The molecule has 0 bridgehead atoms. The summed E-state index contributed by atoms with van der Waals surface area (Å²) in [5.74, 6) is 0.680. The molecule has 1 aromatic heterocycles. The molecule has 7 heteroatoms. The highest BCUT2D eigenvalue weighted by Gasteiger charge is 2.13. The molecule has 0 unspecified atom stereocenters. The second-order valence-electron chi connectivity index (χ2n) is 8.75. The van der Waals surface area contributed by atoms with Crippen LogP contribution in [0.25, 0.3) is 11.1 Å². The predicted molar refractivity (Wildman–Crippen MR) is 144 cm³/mol. The van der Waals surface area contributed by atoms with E-state index in [-0.39, 0.29) is 16.7 Å². The number of hydrogen-bond acceptors (Lipinski definition) is 5. The number of thiazole rings is 1. The number of H-pyrrole nitrogens is 1. The van der Waals surface area contributed by atoms with Gasteiger partial charge in [-0.15, -0.1) is 0 Å². The monoisotopic (exact) mass is 502 g/mol. The van der Waals surface area contributed by atoms with E-state index < -0.39 is 0 Å². The van der Waals surface area contributed by atoms with Gasteiger partial charge in [-0.25, -0.2) is 0 Å². The number of hydrogen-bond donors (Lipinski definition) is 2. The standard InChI is InChI=1S/C29H30N2O4S/c1-3-4-16-35-25-14-12-23(13-15-25)28(33)31(2)19-21-6-5-7-24(17-21)22-10-8-20(9-11-22)18-26-27(32)30-29(34)36-26/h5-15,17,32H,3-4,16,18-19H2,1-2H3,(H,30,34). The van der Waals surface area contributed by atoms with E-state index in [1.165, 1.54) is 0 Å². The Morgan fingerprint density at radius 3 is 2.42 bits per heavy atom. The number of aromatic hydroxyl groups is 1. The molecule has 0 aliphatic carbocycles. The first-order chi connectivity index (χ1) is 17.4. The Labute approximate surface area is 214 Å². The molecule has 6 nitrogen and oxygen atoms in total. The number of carbonyl (C=O) groups excluding carboxylic acids is 1. The van der Waals surface area contributed by atoms with E-state index in [0.29, 0.717) is 30.0 Å². The van der Waals surface area contributed by atoms with Crippen LogP contribution in [0.1, 0.15) is 46.1 Å². The van der Waals surface area contributed by atoms with Gasteiger partial charge in [-0.1, -0.05) is 67.1 Å². The van der Waals surface area contributed by atoms with Gasteiger partial charge >= 0.3 is 4.87 Å². The highest BCUT2D eigenvalue weighted by atomic mass is 32.1. The van der Waals surface area contributed by atoms with Crippen molar-refractivity contribution in [3.05, 3.63) is 104 Å². The summed E-state index contributed by atoms with van der Waals surface area (Å²) in [5.41, 5.74) is 4.79. The number of aromatic amines is 1. The molecule has 0 spiro atoms. The van der Waals surface area contributed by atoms with Crippen molar-refractivity contribution >= 4 is 17.2 Å². The van der Waals surface area contributed by atoms with Crippen molar-refractivity contribution in [1.82, 2.24) is 9.88 Å². The van der Waals surface area contributed by atoms with Gasteiger partial charge in [0.25, 0.3) is 5.91 Å². The largest absolute Gasteiger partial charge is 0.494 e. The van der Waals surface area contributed by atoms with Crippen molar-refractivity contribution in [2.45, 2.75) is 32.7 Å². The SMILES string of the molecule is CCCCOc1ccc(C(=O)N(C)Cc2cccc(-c3ccc(Cc4sc(=O)[nH]c4O)cc3)c2)cc1. The van der Waals surface area contributed by atoms with E-state index >= 15 is 0 Å². The molecule has 186 valence electrons. The van der Waals surface area contributed by atoms with Crippen LogP contribution in [0.15, 0.2) is 77.6 Å². The molecule has 0 atom stereocenters. The Morgan fingerprint density at radius 1 is 1.00 bits per heavy atom. The first-order valence-corrected chi connectivity index (χ1v) is 12.8. The third-order valence-electron chi connectivity index (χ3n) is 5.91. The molecule has 0 saturated heterocycles. The van der Waals surface area contributed by atoms with E-state index in [2.05, 4.69) is 18.0 Å². The van der Waals surface area contributed by atoms with Crippen molar-refractivity contribution in [3.63, 3.8) is 0 Å². The van der Waals surface area contributed by atoms with Crippen molar-refractivity contribution in [2.75, 3.05) is 13.7 Å². The Kier molecular flexibility index (Phi) is 8.23. The van der Waals surface area contributed by atoms with Gasteiger partial charge in [-0.3, -0.25) is 14.6 Å². The zero-order valence-corrected chi connectivity index (χ0v) is 21.3. The van der Waals surface area contributed by atoms with Crippen LogP contribution < -0.4 is 9.61 Å². The third-order valence-corrected chi connectivity index (χ3v) is 6.79. The zero-order valence-electron chi connectivity index (χ0n) is 20.5. The molecule has 4 aromatic rings.